The van der Waals surface area contributed by atoms with E-state index in [2.05, 4.69) is 57.4 Å². The van der Waals surface area contributed by atoms with Gasteiger partial charge in [0.2, 0.25) is 0 Å². The summed E-state index contributed by atoms with van der Waals surface area (Å²) in [6, 6.07) is 16.9. The third-order valence-electron chi connectivity index (χ3n) is 6.98. The maximum absolute atomic E-state index is 12.9. The SMILES string of the molecule is Cc1cccc(CN2Cc3c([nH]n(C)c3=O)C3(CCN(Cc4ccccc4)CC3)C2)n1. The Kier molecular flexibility index (Phi) is 5.28. The van der Waals surface area contributed by atoms with Gasteiger partial charge in [0, 0.05) is 50.0 Å². The molecule has 0 unspecified atom stereocenters. The van der Waals surface area contributed by atoms with Gasteiger partial charge in [-0.1, -0.05) is 36.4 Å². The quantitative estimate of drug-likeness (QED) is 0.709. The lowest BCUT2D eigenvalue weighted by Crippen LogP contribution is -2.52. The molecule has 1 aromatic carbocycles. The van der Waals surface area contributed by atoms with Gasteiger partial charge in [-0.05, 0) is 50.6 Å². The van der Waals surface area contributed by atoms with Crippen LogP contribution in [0.3, 0.4) is 0 Å². The van der Waals surface area contributed by atoms with Crippen molar-refractivity contribution < 1.29 is 0 Å². The predicted octanol–water partition coefficient (Wildman–Crippen LogP) is 2.97. The van der Waals surface area contributed by atoms with Gasteiger partial charge in [-0.25, -0.2) is 0 Å². The van der Waals surface area contributed by atoms with Crippen molar-refractivity contribution in [3.63, 3.8) is 0 Å². The minimum atomic E-state index is 0.00498. The van der Waals surface area contributed by atoms with Crippen molar-refractivity contribution >= 4 is 0 Å². The summed E-state index contributed by atoms with van der Waals surface area (Å²) in [6.45, 7) is 7.55. The Morgan fingerprint density at radius 2 is 1.77 bits per heavy atom. The average Bonchev–Trinajstić information content (AvgIpc) is 3.06. The van der Waals surface area contributed by atoms with Gasteiger partial charge in [0.05, 0.1) is 11.3 Å². The van der Waals surface area contributed by atoms with E-state index in [9.17, 15) is 4.79 Å². The van der Waals surface area contributed by atoms with Crippen LogP contribution in [0.4, 0.5) is 0 Å². The number of hydrogen-bond acceptors (Lipinski definition) is 4. The number of aromatic nitrogens is 3. The molecule has 2 aromatic heterocycles. The zero-order valence-corrected chi connectivity index (χ0v) is 18.5. The van der Waals surface area contributed by atoms with Crippen LogP contribution in [0.2, 0.25) is 0 Å². The minimum Gasteiger partial charge on any atom is -0.299 e. The Hall–Kier alpha value is -2.70. The number of benzene rings is 1. The van der Waals surface area contributed by atoms with Crippen molar-refractivity contribution in [2.75, 3.05) is 19.6 Å². The van der Waals surface area contributed by atoms with Crippen LogP contribution in [0, 0.1) is 6.92 Å². The smallest absolute Gasteiger partial charge is 0.271 e. The summed E-state index contributed by atoms with van der Waals surface area (Å²) in [4.78, 5) is 22.5. The first-order valence-electron chi connectivity index (χ1n) is 11.2. The lowest BCUT2D eigenvalue weighted by Gasteiger charge is -2.47. The van der Waals surface area contributed by atoms with Crippen molar-refractivity contribution in [2.45, 2.75) is 44.8 Å². The Labute approximate surface area is 183 Å². The van der Waals surface area contributed by atoms with Gasteiger partial charge < -0.3 is 0 Å². The van der Waals surface area contributed by atoms with Crippen molar-refractivity contribution in [1.82, 2.24) is 24.6 Å². The zero-order chi connectivity index (χ0) is 21.4. The molecule has 0 radical (unpaired) electrons. The van der Waals surface area contributed by atoms with Gasteiger partial charge in [-0.3, -0.25) is 29.4 Å². The molecule has 4 heterocycles. The molecule has 162 valence electrons. The first-order chi connectivity index (χ1) is 15.0. The number of likely N-dealkylation sites (tertiary alicyclic amines) is 1. The van der Waals surface area contributed by atoms with E-state index >= 15 is 0 Å². The molecule has 1 fully saturated rings. The standard InChI is InChI=1S/C25H31N5O/c1-19-7-6-10-21(26-19)16-30-17-22-23(27-28(2)24(22)31)25(18-30)11-13-29(14-12-25)15-20-8-4-3-5-9-20/h3-10,27H,11-18H2,1-2H3. The molecule has 1 N–H and O–H groups in total. The number of pyridine rings is 1. The molecular formula is C25H31N5O. The van der Waals surface area contributed by atoms with Crippen LogP contribution < -0.4 is 5.56 Å². The molecule has 1 spiro atoms. The first-order valence-corrected chi connectivity index (χ1v) is 11.2. The zero-order valence-electron chi connectivity index (χ0n) is 18.5. The molecule has 31 heavy (non-hydrogen) atoms. The van der Waals surface area contributed by atoms with E-state index in [-0.39, 0.29) is 11.0 Å². The molecule has 0 atom stereocenters. The lowest BCUT2D eigenvalue weighted by molar-refractivity contribution is 0.0875. The van der Waals surface area contributed by atoms with Crippen molar-refractivity contribution in [1.29, 1.82) is 0 Å². The Morgan fingerprint density at radius 1 is 1.00 bits per heavy atom. The van der Waals surface area contributed by atoms with Crippen LogP contribution in [-0.4, -0.2) is 44.2 Å². The molecule has 6 heteroatoms. The third kappa shape index (κ3) is 3.98. The number of nitrogens with one attached hydrogen (secondary N) is 1. The maximum Gasteiger partial charge on any atom is 0.271 e. The second-order valence-corrected chi connectivity index (χ2v) is 9.29. The fourth-order valence-corrected chi connectivity index (χ4v) is 5.38. The fourth-order valence-electron chi connectivity index (χ4n) is 5.38. The van der Waals surface area contributed by atoms with E-state index in [0.29, 0.717) is 6.54 Å². The van der Waals surface area contributed by atoms with Gasteiger partial charge >= 0.3 is 0 Å². The van der Waals surface area contributed by atoms with Gasteiger partial charge in [0.1, 0.15) is 0 Å². The van der Waals surface area contributed by atoms with Crippen molar-refractivity contribution in [2.24, 2.45) is 7.05 Å². The highest BCUT2D eigenvalue weighted by atomic mass is 16.1. The summed E-state index contributed by atoms with van der Waals surface area (Å²) < 4.78 is 1.66. The molecule has 1 saturated heterocycles. The Balaban J connectivity index is 1.38. The van der Waals surface area contributed by atoms with Gasteiger partial charge in [-0.2, -0.15) is 0 Å². The largest absolute Gasteiger partial charge is 0.299 e. The molecule has 0 aliphatic carbocycles. The Bertz CT molecular complexity index is 1110. The Morgan fingerprint density at radius 3 is 2.52 bits per heavy atom. The molecule has 2 aliphatic heterocycles. The number of fused-ring (bicyclic) bond motifs is 2. The van der Waals surface area contributed by atoms with Crippen LogP contribution >= 0.6 is 0 Å². The normalized spacial score (nSPS) is 18.9. The summed E-state index contributed by atoms with van der Waals surface area (Å²) in [5, 5.41) is 3.43. The highest BCUT2D eigenvalue weighted by Gasteiger charge is 2.44. The summed E-state index contributed by atoms with van der Waals surface area (Å²) in [5.41, 5.74) is 5.71. The molecule has 0 amide bonds. The van der Waals surface area contributed by atoms with E-state index < -0.39 is 0 Å². The number of aryl methyl sites for hydroxylation is 2. The predicted molar refractivity (Wildman–Crippen MR) is 122 cm³/mol. The highest BCUT2D eigenvalue weighted by molar-refractivity contribution is 5.31. The number of nitrogens with zero attached hydrogens (tertiary/aromatic N) is 4. The van der Waals surface area contributed by atoms with Crippen molar-refractivity contribution in [3.8, 4) is 0 Å². The monoisotopic (exact) mass is 417 g/mol. The summed E-state index contributed by atoms with van der Waals surface area (Å²) in [5.74, 6) is 0. The molecule has 2 aliphatic rings. The van der Waals surface area contributed by atoms with Gasteiger partial charge in [0.25, 0.3) is 5.56 Å². The second-order valence-electron chi connectivity index (χ2n) is 9.29. The topological polar surface area (TPSA) is 57.2 Å². The van der Waals surface area contributed by atoms with Crippen LogP contribution in [0.25, 0.3) is 0 Å². The summed E-state index contributed by atoms with van der Waals surface area (Å²) in [7, 11) is 1.84. The fraction of sp³-hybridized carbons (Fsp3) is 0.440. The maximum atomic E-state index is 12.9. The minimum absolute atomic E-state index is 0.00498. The molecule has 0 saturated carbocycles. The van der Waals surface area contributed by atoms with E-state index in [1.807, 2.05) is 20.0 Å². The summed E-state index contributed by atoms with van der Waals surface area (Å²) >= 11 is 0. The number of piperidine rings is 1. The van der Waals surface area contributed by atoms with Gasteiger partial charge in [0.15, 0.2) is 0 Å². The van der Waals surface area contributed by atoms with Crippen molar-refractivity contribution in [3.05, 3.63) is 87.1 Å². The van der Waals surface area contributed by atoms with E-state index in [1.165, 1.54) is 11.3 Å². The third-order valence-corrected chi connectivity index (χ3v) is 6.98. The van der Waals surface area contributed by atoms with E-state index in [1.54, 1.807) is 4.68 Å². The molecule has 0 bridgehead atoms. The first kappa shape index (κ1) is 20.2. The van der Waals surface area contributed by atoms with Crippen LogP contribution in [0.5, 0.6) is 0 Å². The second kappa shape index (κ2) is 8.09. The number of aromatic amines is 1. The molecule has 6 nitrogen and oxygen atoms in total. The number of hydrogen-bond donors (Lipinski definition) is 1. The molecule has 3 aromatic rings. The van der Waals surface area contributed by atoms with Crippen LogP contribution in [-0.2, 0) is 32.1 Å². The highest BCUT2D eigenvalue weighted by Crippen LogP contribution is 2.40. The van der Waals surface area contributed by atoms with Crippen LogP contribution in [0.1, 0.15) is 41.1 Å². The number of H-pyrrole nitrogens is 1. The van der Waals surface area contributed by atoms with Gasteiger partial charge in [-0.15, -0.1) is 0 Å². The number of rotatable bonds is 4. The average molecular weight is 418 g/mol. The van der Waals surface area contributed by atoms with E-state index in [0.717, 1.165) is 62.5 Å². The van der Waals surface area contributed by atoms with Crippen LogP contribution in [0.15, 0.2) is 53.3 Å². The molecular weight excluding hydrogens is 386 g/mol. The molecule has 5 rings (SSSR count). The summed E-state index contributed by atoms with van der Waals surface area (Å²) in [6.07, 6.45) is 2.12. The lowest BCUT2D eigenvalue weighted by atomic mass is 9.72. The van der Waals surface area contributed by atoms with E-state index in [4.69, 9.17) is 4.98 Å².